The van der Waals surface area contributed by atoms with Crippen LogP contribution in [0.25, 0.3) is 10.9 Å². The molecule has 0 N–H and O–H groups in total. The molecule has 0 saturated heterocycles. The second kappa shape index (κ2) is 4.17. The van der Waals surface area contributed by atoms with Crippen LogP contribution in [-0.4, -0.2) is 4.98 Å². The number of benzene rings is 1. The number of rotatable bonds is 1. The van der Waals surface area contributed by atoms with Crippen molar-refractivity contribution in [3.8, 4) is 0 Å². The minimum absolute atomic E-state index is 0.576. The van der Waals surface area contributed by atoms with E-state index in [0.717, 1.165) is 17.5 Å². The van der Waals surface area contributed by atoms with Gasteiger partial charge in [-0.2, -0.15) is 0 Å². The van der Waals surface area contributed by atoms with E-state index in [9.17, 15) is 0 Å². The summed E-state index contributed by atoms with van der Waals surface area (Å²) in [6.45, 7) is 2.02. The van der Waals surface area contributed by atoms with Gasteiger partial charge in [0.2, 0.25) is 0 Å². The third kappa shape index (κ3) is 1.92. The lowest BCUT2D eigenvalue weighted by atomic mass is 10.2. The van der Waals surface area contributed by atoms with Gasteiger partial charge < -0.3 is 0 Å². The van der Waals surface area contributed by atoms with Crippen molar-refractivity contribution in [3.05, 3.63) is 39.0 Å². The highest BCUT2D eigenvalue weighted by atomic mass is 35.5. The van der Waals surface area contributed by atoms with Crippen LogP contribution in [0.15, 0.2) is 18.2 Å². The molecule has 0 aliphatic carbocycles. The molecule has 0 amide bonds. The zero-order valence-corrected chi connectivity index (χ0v) is 10.3. The van der Waals surface area contributed by atoms with Crippen molar-refractivity contribution in [1.82, 2.24) is 4.98 Å². The standard InChI is InChI=1S/C11H8Cl3N/c1-2-6-5-9(14)10-7(12)3-4-8(13)11(10)15-6/h3-5H,2H2,1H3. The average molecular weight is 261 g/mol. The number of nitrogens with zero attached hydrogens (tertiary/aromatic N) is 1. The molecule has 0 spiro atoms. The van der Waals surface area contributed by atoms with E-state index in [1.165, 1.54) is 0 Å². The van der Waals surface area contributed by atoms with Crippen LogP contribution in [-0.2, 0) is 6.42 Å². The molecule has 2 rings (SSSR count). The quantitative estimate of drug-likeness (QED) is 0.720. The molecule has 0 aliphatic rings. The molecule has 4 heteroatoms. The molecule has 2 aromatic rings. The van der Waals surface area contributed by atoms with Crippen molar-refractivity contribution >= 4 is 45.7 Å². The predicted octanol–water partition coefficient (Wildman–Crippen LogP) is 4.76. The fourth-order valence-electron chi connectivity index (χ4n) is 1.45. The Morgan fingerprint density at radius 2 is 1.73 bits per heavy atom. The van der Waals surface area contributed by atoms with Crippen LogP contribution >= 0.6 is 34.8 Å². The molecule has 0 atom stereocenters. The monoisotopic (exact) mass is 259 g/mol. The smallest absolute Gasteiger partial charge is 0.0921 e. The third-order valence-corrected chi connectivity index (χ3v) is 3.15. The van der Waals surface area contributed by atoms with Gasteiger partial charge in [-0.1, -0.05) is 41.7 Å². The molecule has 0 saturated carbocycles. The van der Waals surface area contributed by atoms with Crippen LogP contribution < -0.4 is 0 Å². The second-order valence-corrected chi connectivity index (χ2v) is 4.42. The lowest BCUT2D eigenvalue weighted by Crippen LogP contribution is -1.90. The summed E-state index contributed by atoms with van der Waals surface area (Å²) in [6, 6.07) is 5.28. The van der Waals surface area contributed by atoms with E-state index in [-0.39, 0.29) is 0 Å². The topological polar surface area (TPSA) is 12.9 Å². The number of hydrogen-bond acceptors (Lipinski definition) is 1. The molecule has 0 bridgehead atoms. The Bertz CT molecular complexity index is 523. The van der Waals surface area contributed by atoms with Crippen LogP contribution in [0.1, 0.15) is 12.6 Å². The number of aromatic nitrogens is 1. The molecule has 1 nitrogen and oxygen atoms in total. The molecule has 0 aliphatic heterocycles. The van der Waals surface area contributed by atoms with Gasteiger partial charge in [-0.25, -0.2) is 0 Å². The number of pyridine rings is 1. The van der Waals surface area contributed by atoms with Gasteiger partial charge in [-0.3, -0.25) is 4.98 Å². The van der Waals surface area contributed by atoms with Crippen LogP contribution in [0.4, 0.5) is 0 Å². The Balaban J connectivity index is 2.90. The molecule has 1 heterocycles. The van der Waals surface area contributed by atoms with E-state index in [0.29, 0.717) is 20.6 Å². The van der Waals surface area contributed by atoms with E-state index in [4.69, 9.17) is 34.8 Å². The summed E-state index contributed by atoms with van der Waals surface area (Å²) in [5.74, 6) is 0. The molecule has 0 fully saturated rings. The molecule has 15 heavy (non-hydrogen) atoms. The normalized spacial score (nSPS) is 10.9. The Labute approximate surface area is 103 Å². The van der Waals surface area contributed by atoms with Gasteiger partial charge in [0, 0.05) is 11.1 Å². The van der Waals surface area contributed by atoms with E-state index >= 15 is 0 Å². The molecule has 0 radical (unpaired) electrons. The van der Waals surface area contributed by atoms with Gasteiger partial charge >= 0.3 is 0 Å². The van der Waals surface area contributed by atoms with E-state index in [1.807, 2.05) is 13.0 Å². The lowest BCUT2D eigenvalue weighted by molar-refractivity contribution is 1.06. The van der Waals surface area contributed by atoms with Gasteiger partial charge in [0.1, 0.15) is 0 Å². The van der Waals surface area contributed by atoms with E-state index < -0.39 is 0 Å². The third-order valence-electron chi connectivity index (χ3n) is 2.23. The van der Waals surface area contributed by atoms with Crippen LogP contribution in [0, 0.1) is 0 Å². The van der Waals surface area contributed by atoms with Crippen LogP contribution in [0.5, 0.6) is 0 Å². The summed E-state index contributed by atoms with van der Waals surface area (Å²) in [5, 5.41) is 2.48. The minimum atomic E-state index is 0.576. The van der Waals surface area contributed by atoms with Crippen molar-refractivity contribution < 1.29 is 0 Å². The van der Waals surface area contributed by atoms with Gasteiger partial charge in [-0.05, 0) is 24.6 Å². The molecular formula is C11H8Cl3N. The minimum Gasteiger partial charge on any atom is -0.251 e. The van der Waals surface area contributed by atoms with Crippen molar-refractivity contribution in [3.63, 3.8) is 0 Å². The number of halogens is 3. The number of hydrogen-bond donors (Lipinski definition) is 0. The number of fused-ring (bicyclic) bond motifs is 1. The SMILES string of the molecule is CCc1cc(Cl)c2c(Cl)ccc(Cl)c2n1. The fourth-order valence-corrected chi connectivity index (χ4v) is 2.27. The highest BCUT2D eigenvalue weighted by Gasteiger charge is 2.09. The lowest BCUT2D eigenvalue weighted by Gasteiger charge is -2.06. The van der Waals surface area contributed by atoms with E-state index in [2.05, 4.69) is 4.98 Å². The Morgan fingerprint density at radius 1 is 1.07 bits per heavy atom. The molecular weight excluding hydrogens is 252 g/mol. The van der Waals surface area contributed by atoms with Crippen molar-refractivity contribution in [1.29, 1.82) is 0 Å². The maximum Gasteiger partial charge on any atom is 0.0921 e. The van der Waals surface area contributed by atoms with Gasteiger partial charge in [-0.15, -0.1) is 0 Å². The predicted molar refractivity (Wildman–Crippen MR) is 66.2 cm³/mol. The first kappa shape index (κ1) is 11.0. The summed E-state index contributed by atoms with van der Waals surface area (Å²) in [5.41, 5.74) is 1.59. The highest BCUT2D eigenvalue weighted by molar-refractivity contribution is 6.44. The fraction of sp³-hybridized carbons (Fsp3) is 0.182. The Morgan fingerprint density at radius 3 is 2.40 bits per heavy atom. The zero-order chi connectivity index (χ0) is 11.0. The summed E-state index contributed by atoms with van der Waals surface area (Å²) in [6.07, 6.45) is 0.818. The molecule has 0 unspecified atom stereocenters. The zero-order valence-electron chi connectivity index (χ0n) is 8.02. The van der Waals surface area contributed by atoms with Gasteiger partial charge in [0.05, 0.1) is 20.6 Å². The van der Waals surface area contributed by atoms with Crippen LogP contribution in [0.3, 0.4) is 0 Å². The van der Waals surface area contributed by atoms with E-state index in [1.54, 1.807) is 12.1 Å². The van der Waals surface area contributed by atoms with Crippen molar-refractivity contribution in [2.75, 3.05) is 0 Å². The first-order valence-electron chi connectivity index (χ1n) is 4.56. The highest BCUT2D eigenvalue weighted by Crippen LogP contribution is 2.34. The summed E-state index contributed by atoms with van der Waals surface area (Å²) < 4.78 is 0. The summed E-state index contributed by atoms with van der Waals surface area (Å²) in [4.78, 5) is 4.41. The first-order valence-corrected chi connectivity index (χ1v) is 5.70. The summed E-state index contributed by atoms with van der Waals surface area (Å²) in [7, 11) is 0. The van der Waals surface area contributed by atoms with Gasteiger partial charge in [0.25, 0.3) is 0 Å². The Hall–Kier alpha value is -0.500. The van der Waals surface area contributed by atoms with Crippen molar-refractivity contribution in [2.45, 2.75) is 13.3 Å². The number of aryl methyl sites for hydroxylation is 1. The first-order chi connectivity index (χ1) is 7.13. The molecule has 78 valence electrons. The van der Waals surface area contributed by atoms with Crippen molar-refractivity contribution in [2.24, 2.45) is 0 Å². The molecule has 1 aromatic carbocycles. The van der Waals surface area contributed by atoms with Gasteiger partial charge in [0.15, 0.2) is 0 Å². The average Bonchev–Trinajstić information content (AvgIpc) is 2.23. The second-order valence-electron chi connectivity index (χ2n) is 3.20. The largest absolute Gasteiger partial charge is 0.251 e. The maximum atomic E-state index is 6.14. The summed E-state index contributed by atoms with van der Waals surface area (Å²) >= 11 is 18.2. The maximum absolute atomic E-state index is 6.14. The Kier molecular flexibility index (Phi) is 3.06. The van der Waals surface area contributed by atoms with Crippen LogP contribution in [0.2, 0.25) is 15.1 Å². The molecule has 1 aromatic heterocycles.